The fraction of sp³-hybridized carbons (Fsp3) is 0.465. The van der Waals surface area contributed by atoms with Gasteiger partial charge in [0.1, 0.15) is 12.4 Å². The van der Waals surface area contributed by atoms with Crippen LogP contribution in [0.4, 0.5) is 15.3 Å². The molecule has 52 heavy (non-hydrogen) atoms. The fourth-order valence-electron chi connectivity index (χ4n) is 6.03. The molecule has 0 atom stereocenters. The molecule has 0 saturated carbocycles. The fourth-order valence-corrected chi connectivity index (χ4v) is 6.03. The molecule has 0 aromatic heterocycles. The highest BCUT2D eigenvalue weighted by atomic mass is 16.5. The van der Waals surface area contributed by atoms with E-state index in [0.717, 1.165) is 76.9 Å². The highest BCUT2D eigenvalue weighted by Gasteiger charge is 2.16. The number of amides is 3. The van der Waals surface area contributed by atoms with Gasteiger partial charge >= 0.3 is 18.1 Å². The first kappa shape index (κ1) is 41.6. The standard InChI is InChI=1S/C43H59N3O6/c1-32(2)41(47)51-23-20-44-42(48)46(31-38-26-33(3)24-34(4)27-38)30-37-16-18-40(19-17-37)50-21-14-12-10-8-7-9-11-13-15-22-52-43(49)45-39-28-35(5)25-36(6)29-39/h16-19,24-29H,1,7-15,20-23,30-31H2,2-6H3,(H,44,48)(H,45,49). The number of rotatable bonds is 22. The lowest BCUT2D eigenvalue weighted by Crippen LogP contribution is -2.40. The van der Waals surface area contributed by atoms with Crippen LogP contribution in [0.15, 0.2) is 72.8 Å². The SMILES string of the molecule is C=C(C)C(=O)OCCNC(=O)N(Cc1ccc(OCCCCCCCCCCCOC(=O)Nc2cc(C)cc(C)c2)cc1)Cc1cc(C)cc(C)c1. The van der Waals surface area contributed by atoms with Gasteiger partial charge < -0.3 is 24.4 Å². The van der Waals surface area contributed by atoms with Crippen LogP contribution in [0.25, 0.3) is 0 Å². The number of esters is 1. The quantitative estimate of drug-likeness (QED) is 0.0610. The molecule has 282 valence electrons. The monoisotopic (exact) mass is 713 g/mol. The van der Waals surface area contributed by atoms with Gasteiger partial charge in [0.2, 0.25) is 0 Å². The lowest BCUT2D eigenvalue weighted by molar-refractivity contribution is -0.138. The van der Waals surface area contributed by atoms with Crippen LogP contribution < -0.4 is 15.4 Å². The van der Waals surface area contributed by atoms with E-state index in [1.165, 1.54) is 25.7 Å². The average molecular weight is 714 g/mol. The zero-order valence-electron chi connectivity index (χ0n) is 32.0. The number of nitrogens with one attached hydrogen (secondary N) is 2. The van der Waals surface area contributed by atoms with Crippen molar-refractivity contribution in [2.24, 2.45) is 0 Å². The lowest BCUT2D eigenvalue weighted by atomic mass is 10.1. The van der Waals surface area contributed by atoms with Gasteiger partial charge in [-0.25, -0.2) is 14.4 Å². The summed E-state index contributed by atoms with van der Waals surface area (Å²) in [6.07, 6.45) is 9.69. The predicted molar refractivity (Wildman–Crippen MR) is 209 cm³/mol. The van der Waals surface area contributed by atoms with E-state index in [1.54, 1.807) is 11.8 Å². The molecule has 0 saturated heterocycles. The molecule has 0 aliphatic heterocycles. The molecule has 0 aliphatic rings. The molecule has 0 fully saturated rings. The van der Waals surface area contributed by atoms with E-state index in [4.69, 9.17) is 14.2 Å². The van der Waals surface area contributed by atoms with Crippen LogP contribution in [-0.2, 0) is 27.4 Å². The molecular formula is C43H59N3O6. The zero-order chi connectivity index (χ0) is 37.7. The summed E-state index contributed by atoms with van der Waals surface area (Å²) < 4.78 is 16.5. The van der Waals surface area contributed by atoms with E-state index < -0.39 is 12.1 Å². The minimum Gasteiger partial charge on any atom is -0.494 e. The smallest absolute Gasteiger partial charge is 0.411 e. The number of benzene rings is 3. The molecule has 3 rings (SSSR count). The van der Waals surface area contributed by atoms with Crippen LogP contribution in [0.3, 0.4) is 0 Å². The Morgan fingerprint density at radius 1 is 0.635 bits per heavy atom. The van der Waals surface area contributed by atoms with Crippen molar-refractivity contribution in [3.63, 3.8) is 0 Å². The Balaban J connectivity index is 1.27. The number of urea groups is 1. The maximum Gasteiger partial charge on any atom is 0.411 e. The molecule has 3 aromatic rings. The minimum absolute atomic E-state index is 0.0798. The second-order valence-corrected chi connectivity index (χ2v) is 13.8. The van der Waals surface area contributed by atoms with Crippen LogP contribution in [-0.4, -0.2) is 49.4 Å². The number of ether oxygens (including phenoxy) is 3. The second kappa shape index (κ2) is 22.9. The summed E-state index contributed by atoms with van der Waals surface area (Å²) in [5.74, 6) is 0.350. The summed E-state index contributed by atoms with van der Waals surface area (Å²) in [4.78, 5) is 38.7. The van der Waals surface area contributed by atoms with Gasteiger partial charge in [0.15, 0.2) is 0 Å². The Kier molecular flexibility index (Phi) is 18.3. The maximum atomic E-state index is 13.2. The van der Waals surface area contributed by atoms with E-state index >= 15 is 0 Å². The van der Waals surface area contributed by atoms with Crippen molar-refractivity contribution in [1.29, 1.82) is 0 Å². The molecule has 0 spiro atoms. The Labute approximate surface area is 311 Å². The molecule has 3 amide bonds. The predicted octanol–water partition coefficient (Wildman–Crippen LogP) is 9.89. The Morgan fingerprint density at radius 2 is 1.15 bits per heavy atom. The maximum absolute atomic E-state index is 13.2. The average Bonchev–Trinajstić information content (AvgIpc) is 3.08. The summed E-state index contributed by atoms with van der Waals surface area (Å²) in [7, 11) is 0. The second-order valence-electron chi connectivity index (χ2n) is 13.8. The van der Waals surface area contributed by atoms with Crippen molar-refractivity contribution in [1.82, 2.24) is 10.2 Å². The molecule has 0 unspecified atom stereocenters. The molecule has 0 bridgehead atoms. The molecule has 2 N–H and O–H groups in total. The van der Waals surface area contributed by atoms with E-state index in [0.29, 0.717) is 31.9 Å². The Morgan fingerprint density at radius 3 is 1.73 bits per heavy atom. The number of nitrogens with zero attached hydrogens (tertiary/aromatic N) is 1. The molecule has 3 aromatic carbocycles. The summed E-state index contributed by atoms with van der Waals surface area (Å²) >= 11 is 0. The third-order valence-corrected chi connectivity index (χ3v) is 8.46. The van der Waals surface area contributed by atoms with E-state index in [1.807, 2.05) is 50.2 Å². The highest BCUT2D eigenvalue weighted by Crippen LogP contribution is 2.18. The number of hydrogen-bond donors (Lipinski definition) is 2. The number of anilines is 1. The van der Waals surface area contributed by atoms with E-state index in [9.17, 15) is 14.4 Å². The molecule has 0 radical (unpaired) electrons. The van der Waals surface area contributed by atoms with Crippen LogP contribution in [0, 0.1) is 27.7 Å². The number of unbranched alkanes of at least 4 members (excludes halogenated alkanes) is 8. The summed E-state index contributed by atoms with van der Waals surface area (Å²) in [6, 6.07) is 19.9. The molecule has 0 heterocycles. The Bertz CT molecular complexity index is 1550. The minimum atomic E-state index is -0.469. The largest absolute Gasteiger partial charge is 0.494 e. The van der Waals surface area contributed by atoms with Crippen LogP contribution in [0.5, 0.6) is 5.75 Å². The summed E-state index contributed by atoms with van der Waals surface area (Å²) in [5, 5.41) is 5.68. The molecular weight excluding hydrogens is 654 g/mol. The van der Waals surface area contributed by atoms with Crippen molar-refractivity contribution in [2.45, 2.75) is 105 Å². The normalized spacial score (nSPS) is 10.7. The van der Waals surface area contributed by atoms with Crippen molar-refractivity contribution < 1.29 is 28.6 Å². The van der Waals surface area contributed by atoms with Crippen molar-refractivity contribution >= 4 is 23.8 Å². The first-order valence-corrected chi connectivity index (χ1v) is 18.6. The summed E-state index contributed by atoms with van der Waals surface area (Å²) in [5.41, 5.74) is 7.66. The van der Waals surface area contributed by atoms with Gasteiger partial charge in [-0.3, -0.25) is 5.32 Å². The lowest BCUT2D eigenvalue weighted by Gasteiger charge is -2.24. The number of carbonyl (C=O) groups excluding carboxylic acids is 3. The molecule has 0 aliphatic carbocycles. The van der Waals surface area contributed by atoms with Gasteiger partial charge in [-0.1, -0.05) is 99.0 Å². The first-order valence-electron chi connectivity index (χ1n) is 18.6. The van der Waals surface area contributed by atoms with E-state index in [-0.39, 0.29) is 19.2 Å². The number of hydrogen-bond acceptors (Lipinski definition) is 6. The van der Waals surface area contributed by atoms with Crippen LogP contribution in [0.1, 0.15) is 98.1 Å². The topological polar surface area (TPSA) is 106 Å². The zero-order valence-corrected chi connectivity index (χ0v) is 32.0. The van der Waals surface area contributed by atoms with Gasteiger partial charge in [0, 0.05) is 24.4 Å². The number of aryl methyl sites for hydroxylation is 4. The van der Waals surface area contributed by atoms with Crippen LogP contribution >= 0.6 is 0 Å². The van der Waals surface area contributed by atoms with E-state index in [2.05, 4.69) is 55.3 Å². The number of carbonyl (C=O) groups is 3. The third kappa shape index (κ3) is 16.9. The van der Waals surface area contributed by atoms with Crippen molar-refractivity contribution in [3.8, 4) is 5.75 Å². The van der Waals surface area contributed by atoms with Crippen molar-refractivity contribution in [2.75, 3.05) is 31.7 Å². The van der Waals surface area contributed by atoms with Gasteiger partial charge in [0.25, 0.3) is 0 Å². The van der Waals surface area contributed by atoms with Crippen LogP contribution in [0.2, 0.25) is 0 Å². The van der Waals surface area contributed by atoms with Crippen molar-refractivity contribution in [3.05, 3.63) is 106 Å². The third-order valence-electron chi connectivity index (χ3n) is 8.46. The Hall–Kier alpha value is -4.79. The van der Waals surface area contributed by atoms with Gasteiger partial charge in [-0.05, 0) is 94.0 Å². The molecule has 9 nitrogen and oxygen atoms in total. The molecule has 9 heteroatoms. The van der Waals surface area contributed by atoms with Gasteiger partial charge in [-0.15, -0.1) is 0 Å². The van der Waals surface area contributed by atoms with Gasteiger partial charge in [0.05, 0.1) is 19.8 Å². The summed E-state index contributed by atoms with van der Waals surface area (Å²) in [6.45, 7) is 15.6. The first-order chi connectivity index (χ1) is 25.0. The van der Waals surface area contributed by atoms with Gasteiger partial charge in [-0.2, -0.15) is 0 Å². The highest BCUT2D eigenvalue weighted by molar-refractivity contribution is 5.87.